The maximum atomic E-state index is 5.75. The van der Waals surface area contributed by atoms with Crippen LogP contribution in [0.15, 0.2) is 11.8 Å². The lowest BCUT2D eigenvalue weighted by molar-refractivity contribution is 0.753. The molecule has 96 valence electrons. The molecule has 0 bridgehead atoms. The number of hydrogen-bond donors (Lipinski definition) is 1. The van der Waals surface area contributed by atoms with E-state index in [1.165, 1.54) is 10.5 Å². The van der Waals surface area contributed by atoms with Gasteiger partial charge in [0.05, 0.1) is 0 Å². The number of hydrogen-bond acceptors (Lipinski definition) is 4. The van der Waals surface area contributed by atoms with Gasteiger partial charge in [0.15, 0.2) is 5.13 Å². The van der Waals surface area contributed by atoms with Gasteiger partial charge in [0, 0.05) is 30.7 Å². The van der Waals surface area contributed by atoms with E-state index in [-0.39, 0.29) is 0 Å². The molecule has 0 radical (unpaired) electrons. The lowest BCUT2D eigenvalue weighted by Crippen LogP contribution is -2.21. The highest BCUT2D eigenvalue weighted by molar-refractivity contribution is 7.16. The van der Waals surface area contributed by atoms with Crippen LogP contribution in [-0.2, 0) is 0 Å². The molecule has 0 amide bonds. The topological polar surface area (TPSA) is 42.2 Å². The van der Waals surface area contributed by atoms with Crippen LogP contribution in [0.1, 0.15) is 32.6 Å². The maximum Gasteiger partial charge on any atom is 0.185 e. The van der Waals surface area contributed by atoms with E-state index in [1.807, 2.05) is 6.20 Å². The molecule has 0 saturated heterocycles. The number of aromatic nitrogens is 1. The fourth-order valence-corrected chi connectivity index (χ4v) is 2.65. The molecular weight excluding hydrogens is 230 g/mol. The number of nitrogens with zero attached hydrogens (tertiary/aromatic N) is 2. The van der Waals surface area contributed by atoms with Crippen molar-refractivity contribution in [3.63, 3.8) is 0 Å². The Balaban J connectivity index is 2.87. The summed E-state index contributed by atoms with van der Waals surface area (Å²) in [4.78, 5) is 7.92. The normalized spacial score (nSPS) is 12.2. The molecule has 4 heteroatoms. The average molecular weight is 253 g/mol. The van der Waals surface area contributed by atoms with E-state index in [1.54, 1.807) is 11.3 Å². The molecule has 2 N–H and O–H groups in total. The third kappa shape index (κ3) is 3.82. The molecule has 3 nitrogen and oxygen atoms in total. The summed E-state index contributed by atoms with van der Waals surface area (Å²) in [6.07, 6.45) is 4.12. The Morgan fingerprint density at radius 2 is 2.12 bits per heavy atom. The van der Waals surface area contributed by atoms with E-state index in [0.29, 0.717) is 12.5 Å². The number of nitrogens with two attached hydrogens (primary N) is 1. The van der Waals surface area contributed by atoms with E-state index in [9.17, 15) is 0 Å². The van der Waals surface area contributed by atoms with Gasteiger partial charge < -0.3 is 10.6 Å². The predicted molar refractivity (Wildman–Crippen MR) is 77.5 cm³/mol. The van der Waals surface area contributed by atoms with Crippen LogP contribution in [0.25, 0.3) is 6.08 Å². The first-order valence-corrected chi connectivity index (χ1v) is 7.05. The van der Waals surface area contributed by atoms with Crippen LogP contribution in [0, 0.1) is 5.92 Å². The molecule has 0 fully saturated rings. The molecule has 0 aliphatic rings. The van der Waals surface area contributed by atoms with Crippen LogP contribution in [-0.4, -0.2) is 24.6 Å². The summed E-state index contributed by atoms with van der Waals surface area (Å²) in [7, 11) is 0. The minimum Gasteiger partial charge on any atom is -0.349 e. The monoisotopic (exact) mass is 253 g/mol. The Morgan fingerprint density at radius 3 is 2.59 bits per heavy atom. The Kier molecular flexibility index (Phi) is 5.65. The van der Waals surface area contributed by atoms with Crippen LogP contribution >= 0.6 is 11.3 Å². The van der Waals surface area contributed by atoms with Gasteiger partial charge in [-0.1, -0.05) is 30.8 Å². The van der Waals surface area contributed by atoms with Gasteiger partial charge in [-0.2, -0.15) is 0 Å². The third-order valence-electron chi connectivity index (χ3n) is 2.85. The smallest absolute Gasteiger partial charge is 0.185 e. The Labute approximate surface area is 108 Å². The van der Waals surface area contributed by atoms with Crippen molar-refractivity contribution < 1.29 is 0 Å². The van der Waals surface area contributed by atoms with E-state index in [2.05, 4.69) is 43.7 Å². The van der Waals surface area contributed by atoms with Gasteiger partial charge in [0.2, 0.25) is 0 Å². The lowest BCUT2D eigenvalue weighted by Gasteiger charge is -2.16. The van der Waals surface area contributed by atoms with Gasteiger partial charge in [-0.3, -0.25) is 0 Å². The van der Waals surface area contributed by atoms with E-state index >= 15 is 0 Å². The van der Waals surface area contributed by atoms with Gasteiger partial charge >= 0.3 is 0 Å². The fourth-order valence-electron chi connectivity index (χ4n) is 1.63. The summed E-state index contributed by atoms with van der Waals surface area (Å²) in [5.74, 6) is 0.499. The molecular formula is C13H23N3S. The van der Waals surface area contributed by atoms with Crippen LogP contribution in [0.5, 0.6) is 0 Å². The molecule has 1 aromatic heterocycles. The van der Waals surface area contributed by atoms with Crippen LogP contribution < -0.4 is 10.6 Å². The number of thiazole rings is 1. The molecule has 1 heterocycles. The van der Waals surface area contributed by atoms with Crippen molar-refractivity contribution in [3.05, 3.63) is 16.6 Å². The van der Waals surface area contributed by atoms with Crippen molar-refractivity contribution >= 4 is 22.5 Å². The third-order valence-corrected chi connectivity index (χ3v) is 3.86. The number of anilines is 1. The summed E-state index contributed by atoms with van der Waals surface area (Å²) < 4.78 is 0. The van der Waals surface area contributed by atoms with Crippen molar-refractivity contribution in [2.24, 2.45) is 11.7 Å². The predicted octanol–water partition coefficient (Wildman–Crippen LogP) is 2.99. The summed E-state index contributed by atoms with van der Waals surface area (Å²) in [5.41, 5.74) is 7.02. The first-order chi connectivity index (χ1) is 8.12. The zero-order chi connectivity index (χ0) is 12.8. The van der Waals surface area contributed by atoms with Crippen molar-refractivity contribution in [1.29, 1.82) is 0 Å². The van der Waals surface area contributed by atoms with Gasteiger partial charge in [0.1, 0.15) is 0 Å². The van der Waals surface area contributed by atoms with E-state index in [4.69, 9.17) is 5.73 Å². The first kappa shape index (κ1) is 14.2. The highest BCUT2D eigenvalue weighted by atomic mass is 32.1. The zero-order valence-corrected chi connectivity index (χ0v) is 12.0. The van der Waals surface area contributed by atoms with E-state index in [0.717, 1.165) is 18.2 Å². The second-order valence-corrected chi connectivity index (χ2v) is 5.34. The van der Waals surface area contributed by atoms with Crippen molar-refractivity contribution in [2.45, 2.75) is 27.7 Å². The van der Waals surface area contributed by atoms with Crippen LogP contribution in [0.3, 0.4) is 0 Å². The average Bonchev–Trinajstić information content (AvgIpc) is 2.76. The van der Waals surface area contributed by atoms with Crippen molar-refractivity contribution in [2.75, 3.05) is 24.5 Å². The Morgan fingerprint density at radius 1 is 1.47 bits per heavy atom. The van der Waals surface area contributed by atoms with Crippen LogP contribution in [0.2, 0.25) is 0 Å². The lowest BCUT2D eigenvalue weighted by atomic mass is 10.0. The van der Waals surface area contributed by atoms with Gasteiger partial charge in [0.25, 0.3) is 0 Å². The quantitative estimate of drug-likeness (QED) is 0.847. The molecule has 0 spiro atoms. The van der Waals surface area contributed by atoms with Gasteiger partial charge in [-0.05, 0) is 25.8 Å². The molecule has 17 heavy (non-hydrogen) atoms. The molecule has 0 aliphatic carbocycles. The molecule has 0 aromatic carbocycles. The SMILES string of the molecule is CCN(CC)c1ncc(C=C(CN)C(C)C)s1. The zero-order valence-electron chi connectivity index (χ0n) is 11.2. The summed E-state index contributed by atoms with van der Waals surface area (Å²) in [6.45, 7) is 11.3. The molecule has 0 saturated carbocycles. The molecule has 0 aliphatic heterocycles. The Hall–Kier alpha value is -0.870. The van der Waals surface area contributed by atoms with E-state index < -0.39 is 0 Å². The minimum absolute atomic E-state index is 0.499. The second kappa shape index (κ2) is 6.77. The van der Waals surface area contributed by atoms with Gasteiger partial charge in [-0.25, -0.2) is 4.98 Å². The second-order valence-electron chi connectivity index (χ2n) is 4.30. The molecule has 0 atom stereocenters. The fraction of sp³-hybridized carbons (Fsp3) is 0.615. The highest BCUT2D eigenvalue weighted by Crippen LogP contribution is 2.25. The Bertz CT molecular complexity index is 364. The summed E-state index contributed by atoms with van der Waals surface area (Å²) >= 11 is 1.73. The molecule has 0 unspecified atom stereocenters. The van der Waals surface area contributed by atoms with Gasteiger partial charge in [-0.15, -0.1) is 0 Å². The highest BCUT2D eigenvalue weighted by Gasteiger charge is 2.08. The van der Waals surface area contributed by atoms with Crippen molar-refractivity contribution in [1.82, 2.24) is 4.98 Å². The molecule has 1 rings (SSSR count). The largest absolute Gasteiger partial charge is 0.349 e. The van der Waals surface area contributed by atoms with Crippen molar-refractivity contribution in [3.8, 4) is 0 Å². The summed E-state index contributed by atoms with van der Waals surface area (Å²) in [6, 6.07) is 0. The molecule has 1 aromatic rings. The first-order valence-electron chi connectivity index (χ1n) is 6.23. The van der Waals surface area contributed by atoms with Crippen LogP contribution in [0.4, 0.5) is 5.13 Å². The standard InChI is InChI=1S/C13H23N3S/c1-5-16(6-2)13-15-9-12(17-13)7-11(8-14)10(3)4/h7,9-10H,5-6,8,14H2,1-4H3. The summed E-state index contributed by atoms with van der Waals surface area (Å²) in [5, 5.41) is 1.10. The minimum atomic E-state index is 0.499. The maximum absolute atomic E-state index is 5.75. The number of rotatable bonds is 6.